The smallest absolute Gasteiger partial charge is 0.0714 e. The highest BCUT2D eigenvalue weighted by Crippen LogP contribution is 2.69. The van der Waals surface area contributed by atoms with Crippen LogP contribution in [-0.2, 0) is 0 Å². The predicted octanol–water partition coefficient (Wildman–Crippen LogP) is 6.83. The van der Waals surface area contributed by atoms with Crippen LogP contribution in [0, 0.1) is 52.3 Å². The van der Waals surface area contributed by atoms with E-state index in [1.54, 1.807) is 0 Å². The van der Waals surface area contributed by atoms with Gasteiger partial charge in [-0.3, -0.25) is 0 Å². The molecule has 10 atom stereocenters. The third kappa shape index (κ3) is 3.51. The van der Waals surface area contributed by atoms with Gasteiger partial charge in [0.15, 0.2) is 0 Å². The van der Waals surface area contributed by atoms with Crippen LogP contribution >= 0.6 is 0 Å². The van der Waals surface area contributed by atoms with E-state index in [0.29, 0.717) is 23.2 Å². The Hall–Kier alpha value is -0.0800. The van der Waals surface area contributed by atoms with Gasteiger partial charge in [-0.15, -0.1) is 0 Å². The van der Waals surface area contributed by atoms with E-state index >= 15 is 0 Å². The summed E-state index contributed by atoms with van der Waals surface area (Å²) >= 11 is 0. The summed E-state index contributed by atoms with van der Waals surface area (Å²) in [4.78, 5) is 0. The van der Waals surface area contributed by atoms with Crippen LogP contribution in [0.1, 0.15) is 112 Å². The van der Waals surface area contributed by atoms with Crippen molar-refractivity contribution in [2.24, 2.45) is 52.3 Å². The van der Waals surface area contributed by atoms with Crippen molar-refractivity contribution in [2.75, 3.05) is 0 Å². The molecule has 2 heteroatoms. The molecule has 4 fully saturated rings. The molecule has 0 aromatic heterocycles. The molecule has 0 saturated heterocycles. The number of aliphatic hydroxyl groups excluding tert-OH is 1. The lowest BCUT2D eigenvalue weighted by Crippen LogP contribution is -2.64. The molecule has 0 heterocycles. The molecular weight excluding hydrogens is 368 g/mol. The number of hydrogen-bond donors (Lipinski definition) is 2. The fourth-order valence-corrected chi connectivity index (χ4v) is 9.35. The standard InChI is InChI=1S/C28H50O2/c1-18(2)19(3)7-8-20(4)23-9-10-24-27(23,6)15-13-25-26(5)14-12-22(29)17-21(26)11-16-28(24,25)30/h18-25,29-30H,7-17H2,1-6H3/t19?,20-,21+,22+,23-,24-,25-,26+,27-,28-/m1/s1. The van der Waals surface area contributed by atoms with Gasteiger partial charge in [-0.25, -0.2) is 0 Å². The summed E-state index contributed by atoms with van der Waals surface area (Å²) in [5, 5.41) is 22.6. The monoisotopic (exact) mass is 418 g/mol. The van der Waals surface area contributed by atoms with Crippen LogP contribution in [0.2, 0.25) is 0 Å². The molecule has 4 aliphatic rings. The topological polar surface area (TPSA) is 40.5 Å². The van der Waals surface area contributed by atoms with E-state index in [9.17, 15) is 10.2 Å². The van der Waals surface area contributed by atoms with Crippen LogP contribution in [0.15, 0.2) is 0 Å². The summed E-state index contributed by atoms with van der Waals surface area (Å²) < 4.78 is 0. The molecular formula is C28H50O2. The number of fused-ring (bicyclic) bond motifs is 5. The number of rotatable bonds is 5. The normalized spacial score (nSPS) is 50.5. The fourth-order valence-electron chi connectivity index (χ4n) is 9.35. The molecule has 0 aliphatic heterocycles. The van der Waals surface area contributed by atoms with Crippen molar-refractivity contribution in [1.29, 1.82) is 0 Å². The van der Waals surface area contributed by atoms with Crippen LogP contribution < -0.4 is 0 Å². The molecule has 174 valence electrons. The zero-order valence-electron chi connectivity index (χ0n) is 20.8. The summed E-state index contributed by atoms with van der Waals surface area (Å²) in [6, 6.07) is 0. The summed E-state index contributed by atoms with van der Waals surface area (Å²) in [7, 11) is 0. The minimum atomic E-state index is -0.458. The molecule has 30 heavy (non-hydrogen) atoms. The summed E-state index contributed by atoms with van der Waals surface area (Å²) in [6.07, 6.45) is 12.8. The van der Waals surface area contributed by atoms with Crippen molar-refractivity contribution < 1.29 is 10.2 Å². The van der Waals surface area contributed by atoms with E-state index in [1.165, 1.54) is 38.5 Å². The molecule has 4 saturated carbocycles. The minimum Gasteiger partial charge on any atom is -0.393 e. The molecule has 1 unspecified atom stereocenters. The molecule has 0 radical (unpaired) electrons. The first-order chi connectivity index (χ1) is 14.0. The van der Waals surface area contributed by atoms with Gasteiger partial charge in [0.1, 0.15) is 0 Å². The molecule has 4 aliphatic carbocycles. The lowest BCUT2D eigenvalue weighted by molar-refractivity contribution is -0.227. The largest absolute Gasteiger partial charge is 0.393 e. The van der Waals surface area contributed by atoms with Crippen molar-refractivity contribution in [3.8, 4) is 0 Å². The van der Waals surface area contributed by atoms with Gasteiger partial charge in [0, 0.05) is 0 Å². The summed E-state index contributed by atoms with van der Waals surface area (Å²) in [5.74, 6) is 4.71. The quantitative estimate of drug-likeness (QED) is 0.513. The Morgan fingerprint density at radius 2 is 1.47 bits per heavy atom. The van der Waals surface area contributed by atoms with Crippen molar-refractivity contribution in [3.63, 3.8) is 0 Å². The van der Waals surface area contributed by atoms with Crippen molar-refractivity contribution in [2.45, 2.75) is 124 Å². The highest BCUT2D eigenvalue weighted by molar-refractivity contribution is 5.16. The average Bonchev–Trinajstić information content (AvgIpc) is 3.05. The second-order valence-electron chi connectivity index (χ2n) is 13.3. The SMILES string of the molecule is CC(C)C(C)CC[C@@H](C)[C@H]1CC[C@@H]2[C@]1(C)CC[C@@H]1[C@@]3(C)CC[C@H](O)C[C@@H]3CC[C@]12O. The van der Waals surface area contributed by atoms with Crippen molar-refractivity contribution in [3.05, 3.63) is 0 Å². The van der Waals surface area contributed by atoms with Gasteiger partial charge in [0.05, 0.1) is 11.7 Å². The van der Waals surface area contributed by atoms with Gasteiger partial charge in [0.25, 0.3) is 0 Å². The summed E-state index contributed by atoms with van der Waals surface area (Å²) in [5.41, 5.74) is 0.104. The van der Waals surface area contributed by atoms with Gasteiger partial charge in [-0.1, -0.05) is 54.4 Å². The van der Waals surface area contributed by atoms with E-state index in [1.807, 2.05) is 0 Å². The highest BCUT2D eigenvalue weighted by Gasteiger charge is 2.66. The lowest BCUT2D eigenvalue weighted by atomic mass is 9.42. The van der Waals surface area contributed by atoms with Gasteiger partial charge in [0.2, 0.25) is 0 Å². The van der Waals surface area contributed by atoms with Crippen LogP contribution in [0.5, 0.6) is 0 Å². The van der Waals surface area contributed by atoms with Crippen LogP contribution in [0.4, 0.5) is 0 Å². The fraction of sp³-hybridized carbons (Fsp3) is 1.00. The van der Waals surface area contributed by atoms with Gasteiger partial charge >= 0.3 is 0 Å². The summed E-state index contributed by atoms with van der Waals surface area (Å²) in [6.45, 7) is 14.7. The Bertz CT molecular complexity index is 616. The van der Waals surface area contributed by atoms with E-state index in [4.69, 9.17) is 0 Å². The van der Waals surface area contributed by atoms with Crippen LogP contribution in [-0.4, -0.2) is 21.9 Å². The van der Waals surface area contributed by atoms with E-state index in [-0.39, 0.29) is 11.5 Å². The molecule has 2 N–H and O–H groups in total. The van der Waals surface area contributed by atoms with Crippen molar-refractivity contribution >= 4 is 0 Å². The lowest BCUT2D eigenvalue weighted by Gasteiger charge is -2.64. The first-order valence-corrected chi connectivity index (χ1v) is 13.4. The molecule has 0 bridgehead atoms. The third-order valence-corrected chi connectivity index (χ3v) is 11.7. The Morgan fingerprint density at radius 1 is 0.800 bits per heavy atom. The Morgan fingerprint density at radius 3 is 2.17 bits per heavy atom. The Labute approximate surface area is 186 Å². The zero-order valence-corrected chi connectivity index (χ0v) is 20.8. The molecule has 4 rings (SSSR count). The van der Waals surface area contributed by atoms with Crippen LogP contribution in [0.3, 0.4) is 0 Å². The van der Waals surface area contributed by atoms with Crippen LogP contribution in [0.25, 0.3) is 0 Å². The third-order valence-electron chi connectivity index (χ3n) is 11.7. The van der Waals surface area contributed by atoms with Gasteiger partial charge in [-0.05, 0) is 110 Å². The molecule has 2 nitrogen and oxygen atoms in total. The second kappa shape index (κ2) is 8.05. The number of hydrogen-bond acceptors (Lipinski definition) is 2. The molecule has 0 aromatic rings. The number of aliphatic hydroxyl groups is 2. The predicted molar refractivity (Wildman–Crippen MR) is 125 cm³/mol. The zero-order chi connectivity index (χ0) is 21.9. The molecule has 0 amide bonds. The van der Waals surface area contributed by atoms with E-state index < -0.39 is 5.60 Å². The maximum absolute atomic E-state index is 12.3. The maximum atomic E-state index is 12.3. The van der Waals surface area contributed by atoms with Crippen molar-refractivity contribution in [1.82, 2.24) is 0 Å². The first-order valence-electron chi connectivity index (χ1n) is 13.4. The highest BCUT2D eigenvalue weighted by atomic mass is 16.3. The van der Waals surface area contributed by atoms with Gasteiger partial charge < -0.3 is 10.2 Å². The minimum absolute atomic E-state index is 0.104. The van der Waals surface area contributed by atoms with E-state index in [2.05, 4.69) is 41.5 Å². The first kappa shape index (κ1) is 23.1. The maximum Gasteiger partial charge on any atom is 0.0714 e. The Kier molecular flexibility index (Phi) is 6.20. The average molecular weight is 419 g/mol. The molecule has 0 spiro atoms. The van der Waals surface area contributed by atoms with E-state index in [0.717, 1.165) is 55.8 Å². The second-order valence-corrected chi connectivity index (χ2v) is 13.3. The Balaban J connectivity index is 1.51. The molecule has 0 aromatic carbocycles. The van der Waals surface area contributed by atoms with Gasteiger partial charge in [-0.2, -0.15) is 0 Å².